The lowest BCUT2D eigenvalue weighted by atomic mass is 10.1. The lowest BCUT2D eigenvalue weighted by Crippen LogP contribution is -2.30. The summed E-state index contributed by atoms with van der Waals surface area (Å²) in [6.07, 6.45) is 3.05. The van der Waals surface area contributed by atoms with Gasteiger partial charge in [-0.3, -0.25) is 4.79 Å². The zero-order chi connectivity index (χ0) is 17.1. The van der Waals surface area contributed by atoms with Gasteiger partial charge in [-0.25, -0.2) is 0 Å². The maximum Gasteiger partial charge on any atom is 0.238 e. The van der Waals surface area contributed by atoms with Crippen molar-refractivity contribution in [3.05, 3.63) is 50.9 Å². The predicted octanol–water partition coefficient (Wildman–Crippen LogP) is 4.05. The summed E-state index contributed by atoms with van der Waals surface area (Å²) in [7, 11) is 0. The van der Waals surface area contributed by atoms with E-state index in [-0.39, 0.29) is 18.5 Å². The van der Waals surface area contributed by atoms with E-state index >= 15 is 0 Å². The highest BCUT2D eigenvalue weighted by atomic mass is 35.5. The molecule has 0 aliphatic heterocycles. The standard InChI is InChI=1S/C18H18ClN3OS/c1-11(12-5-7-13(19)8-6-12)21-10-17(23)22-18-15(9-20)14-3-2-4-16(14)24-18/h5-8,11,21H,2-4,10H2,1H3,(H,22,23)/t11-/m1/s1. The fourth-order valence-corrected chi connectivity index (χ4v) is 4.28. The summed E-state index contributed by atoms with van der Waals surface area (Å²) in [6, 6.07) is 9.83. The number of rotatable bonds is 5. The Bertz CT molecular complexity index is 792. The van der Waals surface area contributed by atoms with Crippen molar-refractivity contribution < 1.29 is 4.79 Å². The van der Waals surface area contributed by atoms with Gasteiger partial charge in [0.05, 0.1) is 12.1 Å². The number of carbonyl (C=O) groups excluding carboxylic acids is 1. The van der Waals surface area contributed by atoms with Gasteiger partial charge >= 0.3 is 0 Å². The van der Waals surface area contributed by atoms with Gasteiger partial charge in [-0.15, -0.1) is 11.3 Å². The maximum atomic E-state index is 12.2. The van der Waals surface area contributed by atoms with Crippen molar-refractivity contribution in [3.8, 4) is 6.07 Å². The van der Waals surface area contributed by atoms with E-state index in [1.54, 1.807) is 0 Å². The van der Waals surface area contributed by atoms with Crippen LogP contribution in [0.5, 0.6) is 0 Å². The molecule has 1 aromatic heterocycles. The van der Waals surface area contributed by atoms with Crippen LogP contribution in [0.4, 0.5) is 5.00 Å². The molecular weight excluding hydrogens is 342 g/mol. The number of carbonyl (C=O) groups is 1. The summed E-state index contributed by atoms with van der Waals surface area (Å²) in [5.74, 6) is -0.132. The number of anilines is 1. The van der Waals surface area contributed by atoms with E-state index in [1.807, 2.05) is 31.2 Å². The van der Waals surface area contributed by atoms with Crippen molar-refractivity contribution in [2.24, 2.45) is 0 Å². The smallest absolute Gasteiger partial charge is 0.238 e. The minimum absolute atomic E-state index is 0.0387. The third-order valence-electron chi connectivity index (χ3n) is 4.22. The van der Waals surface area contributed by atoms with Crippen LogP contribution in [0.1, 0.15) is 41.0 Å². The number of thiophene rings is 1. The molecule has 6 heteroatoms. The molecule has 24 heavy (non-hydrogen) atoms. The van der Waals surface area contributed by atoms with Gasteiger partial charge in [0.1, 0.15) is 11.1 Å². The molecule has 0 unspecified atom stereocenters. The zero-order valence-corrected chi connectivity index (χ0v) is 14.9. The number of amides is 1. The van der Waals surface area contributed by atoms with E-state index in [0.29, 0.717) is 15.6 Å². The van der Waals surface area contributed by atoms with Gasteiger partial charge in [-0.1, -0.05) is 23.7 Å². The molecular formula is C18H18ClN3OS. The van der Waals surface area contributed by atoms with Crippen LogP contribution in [0.15, 0.2) is 24.3 Å². The van der Waals surface area contributed by atoms with Crippen LogP contribution >= 0.6 is 22.9 Å². The van der Waals surface area contributed by atoms with E-state index < -0.39 is 0 Å². The fraction of sp³-hybridized carbons (Fsp3) is 0.333. The van der Waals surface area contributed by atoms with Gasteiger partial charge in [-0.2, -0.15) is 5.26 Å². The first-order valence-electron chi connectivity index (χ1n) is 7.92. The Kier molecular flexibility index (Phi) is 5.20. The lowest BCUT2D eigenvalue weighted by Gasteiger charge is -2.14. The van der Waals surface area contributed by atoms with Crippen molar-refractivity contribution >= 4 is 33.8 Å². The highest BCUT2D eigenvalue weighted by molar-refractivity contribution is 7.16. The molecule has 1 aliphatic carbocycles. The first-order valence-corrected chi connectivity index (χ1v) is 9.11. The number of nitriles is 1. The Morgan fingerprint density at radius 3 is 2.83 bits per heavy atom. The van der Waals surface area contributed by atoms with Crippen molar-refractivity contribution in [2.45, 2.75) is 32.2 Å². The molecule has 1 aromatic carbocycles. The SMILES string of the molecule is C[C@@H](NCC(=O)Nc1sc2c(c1C#N)CCC2)c1ccc(Cl)cc1. The van der Waals surface area contributed by atoms with Crippen LogP contribution in [-0.4, -0.2) is 12.5 Å². The van der Waals surface area contributed by atoms with Gasteiger partial charge in [0.2, 0.25) is 5.91 Å². The van der Waals surface area contributed by atoms with Crippen molar-refractivity contribution in [3.63, 3.8) is 0 Å². The van der Waals surface area contributed by atoms with Crippen LogP contribution in [0, 0.1) is 11.3 Å². The molecule has 1 atom stereocenters. The molecule has 2 N–H and O–H groups in total. The molecule has 0 radical (unpaired) electrons. The molecule has 1 aliphatic rings. The largest absolute Gasteiger partial charge is 0.315 e. The molecule has 1 amide bonds. The number of halogens is 1. The van der Waals surface area contributed by atoms with Crippen LogP contribution in [-0.2, 0) is 17.6 Å². The van der Waals surface area contributed by atoms with Crippen molar-refractivity contribution in [1.29, 1.82) is 5.26 Å². The first kappa shape index (κ1) is 17.0. The second-order valence-electron chi connectivity index (χ2n) is 5.88. The summed E-state index contributed by atoms with van der Waals surface area (Å²) in [5, 5.41) is 16.8. The van der Waals surface area contributed by atoms with Crippen LogP contribution in [0.3, 0.4) is 0 Å². The summed E-state index contributed by atoms with van der Waals surface area (Å²) < 4.78 is 0. The molecule has 1 heterocycles. The van der Waals surface area contributed by atoms with E-state index in [1.165, 1.54) is 16.2 Å². The Morgan fingerprint density at radius 1 is 1.38 bits per heavy atom. The molecule has 0 bridgehead atoms. The van der Waals surface area contributed by atoms with Crippen molar-refractivity contribution in [2.75, 3.05) is 11.9 Å². The third-order valence-corrected chi connectivity index (χ3v) is 5.68. The Morgan fingerprint density at radius 2 is 2.12 bits per heavy atom. The highest BCUT2D eigenvalue weighted by Crippen LogP contribution is 2.38. The Balaban J connectivity index is 1.58. The van der Waals surface area contributed by atoms with Crippen molar-refractivity contribution in [1.82, 2.24) is 5.32 Å². The maximum absolute atomic E-state index is 12.2. The van der Waals surface area contributed by atoms with E-state index in [0.717, 1.165) is 30.4 Å². The van der Waals surface area contributed by atoms with E-state index in [9.17, 15) is 10.1 Å². The lowest BCUT2D eigenvalue weighted by molar-refractivity contribution is -0.115. The number of nitrogens with zero attached hydrogens (tertiary/aromatic N) is 1. The van der Waals surface area contributed by atoms with Crippen LogP contribution < -0.4 is 10.6 Å². The average Bonchev–Trinajstić information content (AvgIpc) is 3.13. The van der Waals surface area contributed by atoms with Gasteiger partial charge < -0.3 is 10.6 Å². The third kappa shape index (κ3) is 3.62. The molecule has 0 fully saturated rings. The minimum atomic E-state index is -0.132. The quantitative estimate of drug-likeness (QED) is 0.846. The molecule has 2 aromatic rings. The topological polar surface area (TPSA) is 64.9 Å². The summed E-state index contributed by atoms with van der Waals surface area (Å²) >= 11 is 7.42. The Hall–Kier alpha value is -1.87. The second-order valence-corrected chi connectivity index (χ2v) is 7.42. The van der Waals surface area contributed by atoms with E-state index in [4.69, 9.17) is 11.6 Å². The van der Waals surface area contributed by atoms with Crippen LogP contribution in [0.2, 0.25) is 5.02 Å². The molecule has 0 spiro atoms. The number of fused-ring (bicyclic) bond motifs is 1. The second kappa shape index (κ2) is 7.35. The minimum Gasteiger partial charge on any atom is -0.315 e. The number of aryl methyl sites for hydroxylation is 1. The Labute approximate surface area is 150 Å². The predicted molar refractivity (Wildman–Crippen MR) is 97.6 cm³/mol. The molecule has 3 rings (SSSR count). The van der Waals surface area contributed by atoms with Gasteiger partial charge in [0.15, 0.2) is 0 Å². The van der Waals surface area contributed by atoms with Gasteiger partial charge in [0, 0.05) is 15.9 Å². The van der Waals surface area contributed by atoms with Gasteiger partial charge in [-0.05, 0) is 49.4 Å². The van der Waals surface area contributed by atoms with Crippen LogP contribution in [0.25, 0.3) is 0 Å². The molecule has 0 saturated carbocycles. The fourth-order valence-electron chi connectivity index (χ4n) is 2.90. The molecule has 0 saturated heterocycles. The monoisotopic (exact) mass is 359 g/mol. The number of hydrogen-bond donors (Lipinski definition) is 2. The normalized spacial score (nSPS) is 14.0. The number of nitrogens with one attached hydrogen (secondary N) is 2. The molecule has 4 nitrogen and oxygen atoms in total. The average molecular weight is 360 g/mol. The van der Waals surface area contributed by atoms with E-state index in [2.05, 4.69) is 16.7 Å². The van der Waals surface area contributed by atoms with Gasteiger partial charge in [0.25, 0.3) is 0 Å². The number of benzene rings is 1. The summed E-state index contributed by atoms with van der Waals surface area (Å²) in [5.41, 5.74) is 2.84. The number of hydrogen-bond acceptors (Lipinski definition) is 4. The first-order chi connectivity index (χ1) is 11.6. The summed E-state index contributed by atoms with van der Waals surface area (Å²) in [6.45, 7) is 2.19. The zero-order valence-electron chi connectivity index (χ0n) is 13.4. The molecule has 124 valence electrons. The summed E-state index contributed by atoms with van der Waals surface area (Å²) in [4.78, 5) is 13.4. The highest BCUT2D eigenvalue weighted by Gasteiger charge is 2.23.